The molecule has 3 aromatic heterocycles. The zero-order valence-electron chi connectivity index (χ0n) is 24.8. The lowest BCUT2D eigenvalue weighted by Crippen LogP contribution is -2.37. The molecule has 14 nitrogen and oxygen atoms in total. The SMILES string of the molecule is Cc1cn([C@H]2C[C@H](n3nnc(-c4cccc(N5COC(Cn6cncn6)(c6ccc(F)cc6F)C5)c4)c3I)[C@@H](CO)O2)c(=O)[nH]c1=O. The van der Waals surface area contributed by atoms with E-state index in [1.165, 1.54) is 35.6 Å². The average molecular weight is 760 g/mol. The molecule has 0 saturated carbocycles. The van der Waals surface area contributed by atoms with Gasteiger partial charge in [0.15, 0.2) is 0 Å². The number of aliphatic hydroxyl groups is 1. The van der Waals surface area contributed by atoms with Crippen LogP contribution < -0.4 is 16.1 Å². The number of H-pyrrole nitrogens is 1. The standard InChI is InChI=1S/C30H28F2IN9O5/c1-17-10-41(29(45)36-28(17)44)25-9-23(24(11-43)47-25)42-27(33)26(37-38-42)18-3-2-4-20(7-18)39-12-30(46-16-39,13-40-15-34-14-35-40)21-6-5-19(31)8-22(21)32/h2-8,10,14-15,23-25,43H,9,11-13,16H2,1H3,(H,36,44,45)/t23-,24+,25+,30?/m0/s1. The molecule has 0 aliphatic carbocycles. The number of hydrogen-bond acceptors (Lipinski definition) is 10. The van der Waals surface area contributed by atoms with Crippen molar-refractivity contribution in [2.75, 3.05) is 24.8 Å². The minimum absolute atomic E-state index is 0.126. The third-order valence-electron chi connectivity index (χ3n) is 8.53. The predicted molar refractivity (Wildman–Crippen MR) is 170 cm³/mol. The van der Waals surface area contributed by atoms with Crippen LogP contribution in [0.15, 0.2) is 70.9 Å². The van der Waals surface area contributed by atoms with Crippen LogP contribution in [0, 0.1) is 22.3 Å². The molecule has 2 fully saturated rings. The summed E-state index contributed by atoms with van der Waals surface area (Å²) in [6.45, 7) is 1.79. The molecule has 1 unspecified atom stereocenters. The Morgan fingerprint density at radius 1 is 1.19 bits per heavy atom. The van der Waals surface area contributed by atoms with Gasteiger partial charge < -0.3 is 19.5 Å². The van der Waals surface area contributed by atoms with E-state index in [4.69, 9.17) is 9.47 Å². The molecule has 4 atom stereocenters. The second-order valence-electron chi connectivity index (χ2n) is 11.5. The van der Waals surface area contributed by atoms with E-state index < -0.39 is 46.9 Å². The first-order valence-corrected chi connectivity index (χ1v) is 15.7. The first-order chi connectivity index (χ1) is 22.7. The third-order valence-corrected chi connectivity index (χ3v) is 9.53. The lowest BCUT2D eigenvalue weighted by molar-refractivity contribution is -0.0325. The van der Waals surface area contributed by atoms with Crippen LogP contribution in [-0.4, -0.2) is 70.4 Å². The van der Waals surface area contributed by atoms with Crippen molar-refractivity contribution < 1.29 is 23.4 Å². The number of aromatic amines is 1. The maximum absolute atomic E-state index is 15.1. The number of nitrogens with zero attached hydrogens (tertiary/aromatic N) is 8. The summed E-state index contributed by atoms with van der Waals surface area (Å²) < 4.78 is 46.5. The number of rotatable bonds is 8. The Labute approximate surface area is 278 Å². The molecule has 0 spiro atoms. The summed E-state index contributed by atoms with van der Waals surface area (Å²) in [6.07, 6.45) is 3.23. The molecule has 0 bridgehead atoms. The van der Waals surface area contributed by atoms with Gasteiger partial charge in [0.1, 0.15) is 58.3 Å². The van der Waals surface area contributed by atoms with Crippen molar-refractivity contribution in [3.05, 3.63) is 109 Å². The average Bonchev–Trinajstić information content (AvgIpc) is 3.86. The van der Waals surface area contributed by atoms with Crippen molar-refractivity contribution in [3.63, 3.8) is 0 Å². The zero-order valence-corrected chi connectivity index (χ0v) is 27.0. The highest BCUT2D eigenvalue weighted by Gasteiger charge is 2.44. The number of ether oxygens (including phenoxy) is 2. The smallest absolute Gasteiger partial charge is 0.330 e. The van der Waals surface area contributed by atoms with E-state index in [1.807, 2.05) is 29.2 Å². The van der Waals surface area contributed by atoms with E-state index in [2.05, 4.69) is 48.0 Å². The van der Waals surface area contributed by atoms with Gasteiger partial charge in [0.05, 0.1) is 25.7 Å². The summed E-state index contributed by atoms with van der Waals surface area (Å²) in [5.74, 6) is -1.40. The quantitative estimate of drug-likeness (QED) is 0.225. The van der Waals surface area contributed by atoms with Crippen molar-refractivity contribution in [2.45, 2.75) is 43.9 Å². The van der Waals surface area contributed by atoms with Gasteiger partial charge in [0.2, 0.25) is 0 Å². The van der Waals surface area contributed by atoms with Gasteiger partial charge in [-0.3, -0.25) is 14.3 Å². The number of aromatic nitrogens is 8. The maximum atomic E-state index is 15.1. The fourth-order valence-electron chi connectivity index (χ4n) is 6.17. The van der Waals surface area contributed by atoms with Crippen molar-refractivity contribution >= 4 is 28.3 Å². The molecule has 2 aromatic carbocycles. The molecular formula is C30H28F2IN9O5. The van der Waals surface area contributed by atoms with Crippen molar-refractivity contribution in [2.24, 2.45) is 0 Å². The molecule has 2 N–H and O–H groups in total. The Balaban J connectivity index is 1.16. The summed E-state index contributed by atoms with van der Waals surface area (Å²) in [7, 11) is 0. The van der Waals surface area contributed by atoms with E-state index in [1.54, 1.807) is 16.3 Å². The second kappa shape index (κ2) is 12.4. The second-order valence-corrected chi connectivity index (χ2v) is 12.5. The highest BCUT2D eigenvalue weighted by molar-refractivity contribution is 14.1. The Kier molecular flexibility index (Phi) is 8.23. The Hall–Kier alpha value is -4.33. The van der Waals surface area contributed by atoms with Crippen LogP contribution in [0.4, 0.5) is 14.5 Å². The van der Waals surface area contributed by atoms with Gasteiger partial charge in [0, 0.05) is 41.1 Å². The molecule has 17 heteroatoms. The van der Waals surface area contributed by atoms with Crippen LogP contribution in [0.1, 0.15) is 29.8 Å². The minimum atomic E-state index is -1.18. The number of aliphatic hydroxyl groups excluding tert-OH is 1. The fourth-order valence-corrected chi connectivity index (χ4v) is 7.05. The van der Waals surface area contributed by atoms with Crippen LogP contribution in [0.5, 0.6) is 0 Å². The van der Waals surface area contributed by atoms with E-state index in [9.17, 15) is 19.1 Å². The molecule has 2 saturated heterocycles. The highest BCUT2D eigenvalue weighted by Crippen LogP contribution is 2.40. The van der Waals surface area contributed by atoms with Crippen LogP contribution in [0.3, 0.4) is 0 Å². The van der Waals surface area contributed by atoms with E-state index in [0.29, 0.717) is 21.4 Å². The van der Waals surface area contributed by atoms with E-state index in [-0.39, 0.29) is 32.0 Å². The van der Waals surface area contributed by atoms with Crippen molar-refractivity contribution in [1.29, 1.82) is 0 Å². The molecule has 0 radical (unpaired) electrons. The van der Waals surface area contributed by atoms with Crippen LogP contribution >= 0.6 is 22.6 Å². The van der Waals surface area contributed by atoms with Gasteiger partial charge in [-0.15, -0.1) is 5.10 Å². The molecule has 5 heterocycles. The topological polar surface area (TPSA) is 158 Å². The monoisotopic (exact) mass is 759 g/mol. The number of benzene rings is 2. The molecule has 47 heavy (non-hydrogen) atoms. The lowest BCUT2D eigenvalue weighted by atomic mass is 9.92. The highest BCUT2D eigenvalue weighted by atomic mass is 127. The van der Waals surface area contributed by atoms with Gasteiger partial charge >= 0.3 is 5.69 Å². The molecule has 244 valence electrons. The summed E-state index contributed by atoms with van der Waals surface area (Å²) in [4.78, 5) is 32.6. The lowest BCUT2D eigenvalue weighted by Gasteiger charge is -2.29. The minimum Gasteiger partial charge on any atom is -0.394 e. The van der Waals surface area contributed by atoms with Gasteiger partial charge in [-0.25, -0.2) is 27.9 Å². The fraction of sp³-hybridized carbons (Fsp3) is 0.333. The van der Waals surface area contributed by atoms with Gasteiger partial charge in [-0.2, -0.15) is 5.10 Å². The zero-order chi connectivity index (χ0) is 32.9. The van der Waals surface area contributed by atoms with Gasteiger partial charge in [-0.05, 0) is 47.7 Å². The Morgan fingerprint density at radius 2 is 2.04 bits per heavy atom. The predicted octanol–water partition coefficient (Wildman–Crippen LogP) is 2.49. The first kappa shape index (κ1) is 31.3. The van der Waals surface area contributed by atoms with Gasteiger partial charge in [-0.1, -0.05) is 23.4 Å². The number of nitrogens with one attached hydrogen (secondary N) is 1. The Morgan fingerprint density at radius 3 is 2.81 bits per heavy atom. The first-order valence-electron chi connectivity index (χ1n) is 14.6. The van der Waals surface area contributed by atoms with Crippen LogP contribution in [0.25, 0.3) is 11.3 Å². The molecule has 0 amide bonds. The van der Waals surface area contributed by atoms with Crippen LogP contribution in [-0.2, 0) is 21.6 Å². The van der Waals surface area contributed by atoms with Crippen molar-refractivity contribution in [1.82, 2.24) is 39.3 Å². The molecule has 2 aliphatic heterocycles. The number of hydrogen-bond donors (Lipinski definition) is 2. The van der Waals surface area contributed by atoms with E-state index in [0.717, 1.165) is 17.3 Å². The van der Waals surface area contributed by atoms with Crippen molar-refractivity contribution in [3.8, 4) is 11.3 Å². The van der Waals surface area contributed by atoms with Crippen LogP contribution in [0.2, 0.25) is 0 Å². The summed E-state index contributed by atoms with van der Waals surface area (Å²) in [5, 5.41) is 23.2. The van der Waals surface area contributed by atoms with Gasteiger partial charge in [0.25, 0.3) is 5.56 Å². The number of anilines is 1. The maximum Gasteiger partial charge on any atom is 0.330 e. The largest absolute Gasteiger partial charge is 0.394 e. The molecule has 5 aromatic rings. The number of halogens is 3. The summed E-state index contributed by atoms with van der Waals surface area (Å²) in [6, 6.07) is 10.6. The van der Waals surface area contributed by atoms with E-state index >= 15 is 4.39 Å². The third kappa shape index (κ3) is 5.76. The molecule has 7 rings (SSSR count). The summed E-state index contributed by atoms with van der Waals surface area (Å²) >= 11 is 2.14. The Bertz CT molecular complexity index is 2050. The molecular weight excluding hydrogens is 731 g/mol. The number of aryl methyl sites for hydroxylation is 1. The summed E-state index contributed by atoms with van der Waals surface area (Å²) in [5.41, 5.74) is 0.432. The normalized spacial score (nSPS) is 22.7. The molecule has 2 aliphatic rings.